The number of anilines is 1. The molecule has 1 saturated carbocycles. The van der Waals surface area contributed by atoms with Gasteiger partial charge in [-0.15, -0.1) is 0 Å². The summed E-state index contributed by atoms with van der Waals surface area (Å²) >= 11 is 0. The molecule has 0 spiro atoms. The minimum Gasteiger partial charge on any atom is -0.368 e. The number of hydrogen-bond donors (Lipinski definition) is 2. The van der Waals surface area contributed by atoms with E-state index in [4.69, 9.17) is 5.73 Å². The van der Waals surface area contributed by atoms with Crippen LogP contribution in [0.1, 0.15) is 58.4 Å². The van der Waals surface area contributed by atoms with E-state index in [0.29, 0.717) is 25.6 Å². The van der Waals surface area contributed by atoms with Crippen LogP contribution in [0.2, 0.25) is 0 Å². The highest BCUT2D eigenvalue weighted by Gasteiger charge is 2.25. The Hall–Kier alpha value is -2.08. The first kappa shape index (κ1) is 24.2. The molecule has 0 bridgehead atoms. The number of rotatable bonds is 5. The molecular weight excluding hydrogens is 376 g/mol. The highest BCUT2D eigenvalue weighted by Crippen LogP contribution is 2.29. The van der Waals surface area contributed by atoms with Gasteiger partial charge in [0.1, 0.15) is 0 Å². The number of carbonyl (C=O) groups is 2. The van der Waals surface area contributed by atoms with Crippen LogP contribution in [-0.2, 0) is 16.1 Å². The Bertz CT molecular complexity index is 671. The molecule has 2 atom stereocenters. The molecular formula is C24H40N4O2. The molecule has 1 aliphatic heterocycles. The molecule has 2 fully saturated rings. The fourth-order valence-electron chi connectivity index (χ4n) is 4.29. The van der Waals surface area contributed by atoms with Crippen LogP contribution in [0.5, 0.6) is 0 Å². The number of para-hydroxylation sites is 1. The smallest absolute Gasteiger partial charge is 0.236 e. The van der Waals surface area contributed by atoms with Gasteiger partial charge >= 0.3 is 0 Å². The van der Waals surface area contributed by atoms with Crippen molar-refractivity contribution in [3.63, 3.8) is 0 Å². The molecule has 0 radical (unpaired) electrons. The van der Waals surface area contributed by atoms with Crippen LogP contribution in [-0.4, -0.2) is 49.4 Å². The molecule has 3 rings (SSSR count). The van der Waals surface area contributed by atoms with E-state index in [9.17, 15) is 9.59 Å². The second-order valence-electron chi connectivity index (χ2n) is 8.59. The SMILES string of the molecule is CC1CCCC(C(=O)NCc2ccccc2N2CCN(C(=O)CN)CC2)C1.CCC. The third-order valence-corrected chi connectivity index (χ3v) is 5.90. The lowest BCUT2D eigenvalue weighted by molar-refractivity contribution is -0.130. The van der Waals surface area contributed by atoms with Gasteiger partial charge < -0.3 is 20.9 Å². The predicted molar refractivity (Wildman–Crippen MR) is 123 cm³/mol. The molecule has 2 amide bonds. The van der Waals surface area contributed by atoms with Gasteiger partial charge in [0.2, 0.25) is 11.8 Å². The minimum absolute atomic E-state index is 0.0110. The maximum absolute atomic E-state index is 12.6. The molecule has 168 valence electrons. The molecule has 6 heteroatoms. The van der Waals surface area contributed by atoms with Gasteiger partial charge in [0.05, 0.1) is 6.54 Å². The minimum atomic E-state index is 0.0110. The standard InChI is InChI=1S/C21H32N4O2.C3H8/c1-16-5-4-7-17(13-16)21(27)23-15-18-6-2-3-8-19(18)24-9-11-25(12-10-24)20(26)14-22;1-3-2/h2-3,6,8,16-17H,4-5,7,9-15,22H2,1H3,(H,23,27);3H2,1-2H3. The number of benzene rings is 1. The van der Waals surface area contributed by atoms with E-state index in [2.05, 4.69) is 43.1 Å². The Morgan fingerprint density at radius 1 is 1.10 bits per heavy atom. The van der Waals surface area contributed by atoms with E-state index in [1.165, 1.54) is 12.8 Å². The van der Waals surface area contributed by atoms with Gasteiger partial charge in [0, 0.05) is 44.3 Å². The van der Waals surface area contributed by atoms with Gasteiger partial charge in [-0.1, -0.05) is 58.2 Å². The predicted octanol–water partition coefficient (Wildman–Crippen LogP) is 3.15. The molecule has 2 aliphatic rings. The quantitative estimate of drug-likeness (QED) is 0.773. The molecule has 3 N–H and O–H groups in total. The van der Waals surface area contributed by atoms with Gasteiger partial charge in [-0.25, -0.2) is 0 Å². The van der Waals surface area contributed by atoms with Crippen LogP contribution in [0, 0.1) is 11.8 Å². The maximum Gasteiger partial charge on any atom is 0.236 e. The molecule has 1 aromatic carbocycles. The van der Waals surface area contributed by atoms with Crippen molar-refractivity contribution in [3.05, 3.63) is 29.8 Å². The highest BCUT2D eigenvalue weighted by atomic mass is 16.2. The first-order chi connectivity index (χ1) is 14.5. The molecule has 1 saturated heterocycles. The number of nitrogens with zero attached hydrogens (tertiary/aromatic N) is 2. The molecule has 1 aliphatic carbocycles. The second kappa shape index (κ2) is 12.6. The Labute approximate surface area is 182 Å². The fourth-order valence-corrected chi connectivity index (χ4v) is 4.29. The van der Waals surface area contributed by atoms with E-state index in [0.717, 1.165) is 43.6 Å². The Balaban J connectivity index is 0.00000101. The molecule has 30 heavy (non-hydrogen) atoms. The summed E-state index contributed by atoms with van der Waals surface area (Å²) in [5.41, 5.74) is 7.75. The van der Waals surface area contributed by atoms with E-state index < -0.39 is 0 Å². The van der Waals surface area contributed by atoms with Crippen LogP contribution in [0.15, 0.2) is 24.3 Å². The van der Waals surface area contributed by atoms with Crippen molar-refractivity contribution in [2.24, 2.45) is 17.6 Å². The summed E-state index contributed by atoms with van der Waals surface area (Å²) in [5, 5.41) is 3.16. The maximum atomic E-state index is 12.6. The number of nitrogens with one attached hydrogen (secondary N) is 1. The lowest BCUT2D eigenvalue weighted by Crippen LogP contribution is -2.50. The summed E-state index contributed by atoms with van der Waals surface area (Å²) in [7, 11) is 0. The zero-order chi connectivity index (χ0) is 21.9. The normalized spacial score (nSPS) is 21.5. The van der Waals surface area contributed by atoms with Gasteiger partial charge in [0.25, 0.3) is 0 Å². The largest absolute Gasteiger partial charge is 0.368 e. The van der Waals surface area contributed by atoms with Crippen LogP contribution in [0.4, 0.5) is 5.69 Å². The average molecular weight is 417 g/mol. The van der Waals surface area contributed by atoms with E-state index in [-0.39, 0.29) is 24.3 Å². The summed E-state index contributed by atoms with van der Waals surface area (Å²) in [5.74, 6) is 1.01. The van der Waals surface area contributed by atoms with E-state index >= 15 is 0 Å². The van der Waals surface area contributed by atoms with Crippen molar-refractivity contribution in [2.75, 3.05) is 37.6 Å². The van der Waals surface area contributed by atoms with Gasteiger partial charge in [-0.2, -0.15) is 0 Å². The van der Waals surface area contributed by atoms with Crippen molar-refractivity contribution >= 4 is 17.5 Å². The number of amides is 2. The zero-order valence-corrected chi connectivity index (χ0v) is 19.0. The van der Waals surface area contributed by atoms with E-state index in [1.54, 1.807) is 0 Å². The molecule has 1 heterocycles. The summed E-state index contributed by atoms with van der Waals surface area (Å²) in [6.45, 7) is 10.1. The number of hydrogen-bond acceptors (Lipinski definition) is 4. The molecule has 0 aromatic heterocycles. The Morgan fingerprint density at radius 2 is 1.77 bits per heavy atom. The zero-order valence-electron chi connectivity index (χ0n) is 19.0. The van der Waals surface area contributed by atoms with Crippen molar-refractivity contribution in [2.45, 2.75) is 59.4 Å². The average Bonchev–Trinajstić information content (AvgIpc) is 2.78. The van der Waals surface area contributed by atoms with Crippen molar-refractivity contribution in [3.8, 4) is 0 Å². The van der Waals surface area contributed by atoms with Crippen LogP contribution in [0.3, 0.4) is 0 Å². The highest BCUT2D eigenvalue weighted by molar-refractivity contribution is 5.79. The summed E-state index contributed by atoms with van der Waals surface area (Å²) in [6, 6.07) is 8.23. The van der Waals surface area contributed by atoms with Crippen molar-refractivity contribution in [1.29, 1.82) is 0 Å². The summed E-state index contributed by atoms with van der Waals surface area (Å²) in [4.78, 5) is 28.5. The van der Waals surface area contributed by atoms with E-state index in [1.807, 2.05) is 17.0 Å². The molecule has 2 unspecified atom stereocenters. The monoisotopic (exact) mass is 416 g/mol. The molecule has 6 nitrogen and oxygen atoms in total. The fraction of sp³-hybridized carbons (Fsp3) is 0.667. The molecule has 1 aromatic rings. The van der Waals surface area contributed by atoms with Crippen molar-refractivity contribution in [1.82, 2.24) is 10.2 Å². The summed E-state index contributed by atoms with van der Waals surface area (Å²) < 4.78 is 0. The van der Waals surface area contributed by atoms with Gasteiger partial charge in [0.15, 0.2) is 0 Å². The van der Waals surface area contributed by atoms with Gasteiger partial charge in [-0.3, -0.25) is 9.59 Å². The Kier molecular flexibility index (Phi) is 10.1. The third kappa shape index (κ3) is 7.01. The van der Waals surface area contributed by atoms with Crippen LogP contribution in [0.25, 0.3) is 0 Å². The number of piperazine rings is 1. The Morgan fingerprint density at radius 3 is 2.40 bits per heavy atom. The number of nitrogens with two attached hydrogens (primary N) is 1. The lowest BCUT2D eigenvalue weighted by Gasteiger charge is -2.37. The topological polar surface area (TPSA) is 78.7 Å². The number of carbonyl (C=O) groups excluding carboxylic acids is 2. The van der Waals surface area contributed by atoms with Crippen LogP contribution < -0.4 is 16.0 Å². The van der Waals surface area contributed by atoms with Crippen LogP contribution >= 0.6 is 0 Å². The first-order valence-electron chi connectivity index (χ1n) is 11.6. The van der Waals surface area contributed by atoms with Crippen molar-refractivity contribution < 1.29 is 9.59 Å². The lowest BCUT2D eigenvalue weighted by atomic mass is 9.82. The first-order valence-corrected chi connectivity index (χ1v) is 11.6. The summed E-state index contributed by atoms with van der Waals surface area (Å²) in [6.07, 6.45) is 5.66. The second-order valence-corrected chi connectivity index (χ2v) is 8.59. The van der Waals surface area contributed by atoms with Gasteiger partial charge in [-0.05, 0) is 30.4 Å². The third-order valence-electron chi connectivity index (χ3n) is 5.90.